The molecule has 0 aliphatic rings. The van der Waals surface area contributed by atoms with Gasteiger partial charge in [0.05, 0.1) is 9.82 Å². The Labute approximate surface area is 163 Å². The lowest BCUT2D eigenvalue weighted by Crippen LogP contribution is -2.34. The van der Waals surface area contributed by atoms with Crippen LogP contribution in [0.15, 0.2) is 47.4 Å². The minimum atomic E-state index is -3.80. The molecule has 0 spiro atoms. The maximum absolute atomic E-state index is 12.6. The summed E-state index contributed by atoms with van der Waals surface area (Å²) >= 11 is 5.98. The molecule has 1 unspecified atom stereocenters. The zero-order chi connectivity index (χ0) is 18.8. The molecule has 1 atom stereocenters. The van der Waals surface area contributed by atoms with Crippen LogP contribution in [0.3, 0.4) is 0 Å². The minimum Gasteiger partial charge on any atom is -0.323 e. The van der Waals surface area contributed by atoms with Gasteiger partial charge in [0, 0.05) is 36.8 Å². The van der Waals surface area contributed by atoms with Gasteiger partial charge in [-0.3, -0.25) is 10.1 Å². The van der Waals surface area contributed by atoms with Crippen LogP contribution in [-0.4, -0.2) is 31.2 Å². The van der Waals surface area contributed by atoms with E-state index in [1.165, 1.54) is 19.2 Å². The Kier molecular flexibility index (Phi) is 7.55. The summed E-state index contributed by atoms with van der Waals surface area (Å²) in [6.45, 7) is 1.90. The monoisotopic (exact) mass is 419 g/mol. The van der Waals surface area contributed by atoms with Crippen molar-refractivity contribution in [2.45, 2.75) is 17.9 Å². The van der Waals surface area contributed by atoms with E-state index in [-0.39, 0.29) is 29.5 Å². The number of hydrogen-bond donors (Lipinski definition) is 1. The molecule has 2 aromatic carbocycles. The van der Waals surface area contributed by atoms with Crippen molar-refractivity contribution in [2.24, 2.45) is 5.73 Å². The zero-order valence-corrected chi connectivity index (χ0v) is 16.5. The first kappa shape index (κ1) is 22.3. The van der Waals surface area contributed by atoms with Crippen molar-refractivity contribution in [1.29, 1.82) is 0 Å². The molecule has 10 heteroatoms. The van der Waals surface area contributed by atoms with Gasteiger partial charge in [-0.25, -0.2) is 8.42 Å². The molecular formula is C16H19Cl2N3O4S. The molecule has 0 heterocycles. The third-order valence-corrected chi connectivity index (χ3v) is 6.08. The number of nitro benzene ring substituents is 1. The Bertz CT molecular complexity index is 889. The second kappa shape index (κ2) is 8.79. The molecule has 2 N–H and O–H groups in total. The molecule has 0 saturated carbocycles. The largest absolute Gasteiger partial charge is 0.323 e. The molecule has 0 aliphatic carbocycles. The summed E-state index contributed by atoms with van der Waals surface area (Å²) in [6, 6.07) is 9.49. The summed E-state index contributed by atoms with van der Waals surface area (Å²) in [6.07, 6.45) is 0. The number of hydrogen-bond acceptors (Lipinski definition) is 5. The van der Waals surface area contributed by atoms with Gasteiger partial charge in [-0.1, -0.05) is 23.7 Å². The second-order valence-corrected chi connectivity index (χ2v) is 8.10. The fraction of sp³-hybridized carbons (Fsp3) is 0.250. The molecule has 7 nitrogen and oxygen atoms in total. The van der Waals surface area contributed by atoms with Gasteiger partial charge >= 0.3 is 0 Å². The van der Waals surface area contributed by atoms with Crippen molar-refractivity contribution >= 4 is 39.7 Å². The number of nitrogens with zero attached hydrogens (tertiary/aromatic N) is 2. The Morgan fingerprint density at radius 1 is 1.23 bits per heavy atom. The van der Waals surface area contributed by atoms with Crippen LogP contribution in [0.2, 0.25) is 5.02 Å². The van der Waals surface area contributed by atoms with E-state index in [0.29, 0.717) is 5.02 Å². The fourth-order valence-corrected chi connectivity index (χ4v) is 3.61. The minimum absolute atomic E-state index is 0. The average Bonchev–Trinajstić information content (AvgIpc) is 2.57. The van der Waals surface area contributed by atoms with E-state index in [9.17, 15) is 18.5 Å². The average molecular weight is 420 g/mol. The maximum atomic E-state index is 12.6. The van der Waals surface area contributed by atoms with E-state index in [4.69, 9.17) is 17.3 Å². The quantitative estimate of drug-likeness (QED) is 0.570. The Morgan fingerprint density at radius 3 is 2.31 bits per heavy atom. The van der Waals surface area contributed by atoms with Gasteiger partial charge in [-0.2, -0.15) is 4.31 Å². The molecule has 0 aliphatic heterocycles. The van der Waals surface area contributed by atoms with Crippen molar-refractivity contribution in [2.75, 3.05) is 13.6 Å². The summed E-state index contributed by atoms with van der Waals surface area (Å²) in [7, 11) is -2.38. The molecule has 0 aromatic heterocycles. The van der Waals surface area contributed by atoms with E-state index in [1.807, 2.05) is 13.0 Å². The number of aryl methyl sites for hydroxylation is 1. The third-order valence-electron chi connectivity index (χ3n) is 3.82. The van der Waals surface area contributed by atoms with Crippen LogP contribution in [0.4, 0.5) is 5.69 Å². The van der Waals surface area contributed by atoms with Gasteiger partial charge < -0.3 is 5.73 Å². The predicted octanol–water partition coefficient (Wildman–Crippen LogP) is 3.30. The van der Waals surface area contributed by atoms with Gasteiger partial charge in [0.25, 0.3) is 5.69 Å². The lowest BCUT2D eigenvalue weighted by molar-refractivity contribution is -0.384. The van der Waals surface area contributed by atoms with E-state index in [2.05, 4.69) is 0 Å². The van der Waals surface area contributed by atoms with Crippen LogP contribution >= 0.6 is 24.0 Å². The van der Waals surface area contributed by atoms with E-state index in [0.717, 1.165) is 27.6 Å². The third kappa shape index (κ3) is 4.93. The number of sulfonamides is 1. The number of nitro groups is 1. The number of benzene rings is 2. The van der Waals surface area contributed by atoms with Crippen molar-refractivity contribution in [3.8, 4) is 0 Å². The summed E-state index contributed by atoms with van der Waals surface area (Å²) < 4.78 is 26.3. The van der Waals surface area contributed by atoms with Gasteiger partial charge in [0.15, 0.2) is 0 Å². The number of nitrogens with two attached hydrogens (primary N) is 1. The number of likely N-dealkylation sites (N-methyl/N-ethyl adjacent to an activating group) is 1. The van der Waals surface area contributed by atoms with Gasteiger partial charge in [0.2, 0.25) is 10.0 Å². The first-order valence-corrected chi connectivity index (χ1v) is 9.17. The second-order valence-electron chi connectivity index (χ2n) is 5.65. The van der Waals surface area contributed by atoms with Crippen molar-refractivity contribution < 1.29 is 13.3 Å². The zero-order valence-electron chi connectivity index (χ0n) is 14.1. The number of halogens is 2. The van der Waals surface area contributed by atoms with E-state index < -0.39 is 21.0 Å². The highest BCUT2D eigenvalue weighted by atomic mass is 35.5. The summed E-state index contributed by atoms with van der Waals surface area (Å²) in [4.78, 5) is 10.1. The molecule has 0 fully saturated rings. The summed E-state index contributed by atoms with van der Waals surface area (Å²) in [5, 5.41) is 11.3. The maximum Gasteiger partial charge on any atom is 0.269 e. The van der Waals surface area contributed by atoms with Crippen LogP contribution in [0.5, 0.6) is 0 Å². The lowest BCUT2D eigenvalue weighted by Gasteiger charge is -2.22. The highest BCUT2D eigenvalue weighted by Crippen LogP contribution is 2.23. The SMILES string of the molecule is Cc1cc(C(N)CN(C)S(=O)(=O)c2ccc([N+](=O)[O-])cc2)ccc1Cl.Cl. The van der Waals surface area contributed by atoms with Crippen LogP contribution in [0.25, 0.3) is 0 Å². The Morgan fingerprint density at radius 2 is 1.81 bits per heavy atom. The highest BCUT2D eigenvalue weighted by Gasteiger charge is 2.24. The van der Waals surface area contributed by atoms with Crippen LogP contribution < -0.4 is 5.73 Å². The highest BCUT2D eigenvalue weighted by molar-refractivity contribution is 7.89. The molecule has 2 aromatic rings. The molecular weight excluding hydrogens is 401 g/mol. The molecule has 142 valence electrons. The predicted molar refractivity (Wildman–Crippen MR) is 103 cm³/mol. The van der Waals surface area contributed by atoms with Crippen LogP contribution in [0.1, 0.15) is 17.2 Å². The molecule has 0 amide bonds. The van der Waals surface area contributed by atoms with Crippen molar-refractivity contribution in [3.63, 3.8) is 0 Å². The molecule has 0 radical (unpaired) electrons. The smallest absolute Gasteiger partial charge is 0.269 e. The number of non-ortho nitro benzene ring substituents is 1. The van der Waals surface area contributed by atoms with Crippen LogP contribution in [-0.2, 0) is 10.0 Å². The van der Waals surface area contributed by atoms with Crippen molar-refractivity contribution in [3.05, 3.63) is 68.7 Å². The summed E-state index contributed by atoms with van der Waals surface area (Å²) in [5.74, 6) is 0. The van der Waals surface area contributed by atoms with E-state index in [1.54, 1.807) is 12.1 Å². The van der Waals surface area contributed by atoms with Gasteiger partial charge in [0.1, 0.15) is 0 Å². The standard InChI is InChI=1S/C16H18ClN3O4S.ClH/c1-11-9-12(3-8-15(11)17)16(18)10-19(2)25(23,24)14-6-4-13(5-7-14)20(21)22;/h3-9,16H,10,18H2,1-2H3;1H. The van der Waals surface area contributed by atoms with Crippen molar-refractivity contribution in [1.82, 2.24) is 4.31 Å². The molecule has 0 bridgehead atoms. The summed E-state index contributed by atoms with van der Waals surface area (Å²) in [5.41, 5.74) is 7.57. The molecule has 26 heavy (non-hydrogen) atoms. The van der Waals surface area contributed by atoms with Gasteiger partial charge in [-0.05, 0) is 36.2 Å². The van der Waals surface area contributed by atoms with Crippen LogP contribution in [0, 0.1) is 17.0 Å². The Balaban J connectivity index is 0.00000338. The topological polar surface area (TPSA) is 107 Å². The van der Waals surface area contributed by atoms with Gasteiger partial charge in [-0.15, -0.1) is 12.4 Å². The van der Waals surface area contributed by atoms with E-state index >= 15 is 0 Å². The first-order valence-electron chi connectivity index (χ1n) is 7.35. The Hall–Kier alpha value is -1.71. The first-order chi connectivity index (χ1) is 11.6. The molecule has 2 rings (SSSR count). The molecule has 0 saturated heterocycles. The number of rotatable bonds is 6. The lowest BCUT2D eigenvalue weighted by atomic mass is 10.1. The normalized spacial score (nSPS) is 12.5. The fourth-order valence-electron chi connectivity index (χ4n) is 2.30.